The molecule has 0 aliphatic heterocycles. The number of primary amides is 1. The molecule has 0 aliphatic carbocycles. The molecule has 3 N–H and O–H groups in total. The molecular formula is C21H16F3N5O2S. The van der Waals surface area contributed by atoms with Crippen molar-refractivity contribution in [1.82, 2.24) is 14.5 Å². The quantitative estimate of drug-likeness (QED) is 0.384. The molecule has 2 aromatic carbocycles. The van der Waals surface area contributed by atoms with E-state index in [1.165, 1.54) is 24.4 Å². The van der Waals surface area contributed by atoms with Crippen LogP contribution in [0.25, 0.3) is 11.0 Å². The number of thioether (sulfide) groups is 1. The van der Waals surface area contributed by atoms with Gasteiger partial charge >= 0.3 is 5.51 Å². The number of pyridine rings is 1. The number of halogens is 3. The van der Waals surface area contributed by atoms with Gasteiger partial charge in [-0.15, -0.1) is 0 Å². The Morgan fingerprint density at radius 3 is 2.66 bits per heavy atom. The van der Waals surface area contributed by atoms with Gasteiger partial charge in [0, 0.05) is 36.0 Å². The minimum absolute atomic E-state index is 0.0737. The maximum absolute atomic E-state index is 12.6. The van der Waals surface area contributed by atoms with Crippen molar-refractivity contribution < 1.29 is 22.7 Å². The molecule has 0 aliphatic rings. The fourth-order valence-corrected chi connectivity index (χ4v) is 3.60. The molecular weight excluding hydrogens is 443 g/mol. The van der Waals surface area contributed by atoms with Gasteiger partial charge in [0.2, 0.25) is 5.95 Å². The summed E-state index contributed by atoms with van der Waals surface area (Å²) in [6.07, 6.45) is 1.42. The second-order valence-electron chi connectivity index (χ2n) is 6.69. The van der Waals surface area contributed by atoms with Gasteiger partial charge in [0.15, 0.2) is 0 Å². The highest BCUT2D eigenvalue weighted by molar-refractivity contribution is 8.00. The van der Waals surface area contributed by atoms with E-state index in [-0.39, 0.29) is 22.4 Å². The largest absolute Gasteiger partial charge is 0.457 e. The normalized spacial score (nSPS) is 11.5. The van der Waals surface area contributed by atoms with Crippen LogP contribution in [0.15, 0.2) is 65.7 Å². The lowest BCUT2D eigenvalue weighted by Crippen LogP contribution is -2.12. The van der Waals surface area contributed by atoms with Gasteiger partial charge in [0.1, 0.15) is 17.2 Å². The number of aromatic nitrogens is 3. The van der Waals surface area contributed by atoms with Crippen LogP contribution >= 0.6 is 11.8 Å². The van der Waals surface area contributed by atoms with Gasteiger partial charge in [-0.2, -0.15) is 13.2 Å². The maximum atomic E-state index is 12.6. The van der Waals surface area contributed by atoms with E-state index in [0.29, 0.717) is 28.7 Å². The zero-order chi connectivity index (χ0) is 22.9. The second kappa shape index (κ2) is 8.42. The lowest BCUT2D eigenvalue weighted by molar-refractivity contribution is -0.0328. The number of rotatable bonds is 6. The number of alkyl halides is 3. The molecule has 2 heterocycles. The van der Waals surface area contributed by atoms with E-state index in [0.717, 1.165) is 5.52 Å². The number of hydrogen-bond acceptors (Lipinski definition) is 6. The molecule has 4 aromatic rings. The molecule has 0 atom stereocenters. The second-order valence-corrected chi connectivity index (χ2v) is 7.83. The summed E-state index contributed by atoms with van der Waals surface area (Å²) in [5.74, 6) is 0.657. The van der Waals surface area contributed by atoms with Gasteiger partial charge in [0.25, 0.3) is 5.91 Å². The number of benzene rings is 2. The van der Waals surface area contributed by atoms with E-state index in [1.54, 1.807) is 48.0 Å². The van der Waals surface area contributed by atoms with Crippen molar-refractivity contribution in [1.29, 1.82) is 0 Å². The Kier molecular flexibility index (Phi) is 5.66. The van der Waals surface area contributed by atoms with E-state index < -0.39 is 11.4 Å². The number of carbonyl (C=O) groups is 1. The number of anilines is 2. The van der Waals surface area contributed by atoms with E-state index in [9.17, 15) is 18.0 Å². The molecule has 0 saturated heterocycles. The number of ether oxygens (including phenoxy) is 1. The summed E-state index contributed by atoms with van der Waals surface area (Å²) in [5, 5.41) is 3.05. The summed E-state index contributed by atoms with van der Waals surface area (Å²) >= 11 is -0.177. The molecule has 11 heteroatoms. The Morgan fingerprint density at radius 2 is 1.91 bits per heavy atom. The number of nitrogens with two attached hydrogens (primary N) is 1. The van der Waals surface area contributed by atoms with Gasteiger partial charge in [-0.05, 0) is 48.2 Å². The van der Waals surface area contributed by atoms with Crippen molar-refractivity contribution in [3.63, 3.8) is 0 Å². The third-order valence-corrected chi connectivity index (χ3v) is 5.12. The van der Waals surface area contributed by atoms with E-state index in [2.05, 4.69) is 15.3 Å². The lowest BCUT2D eigenvalue weighted by atomic mass is 10.3. The highest BCUT2D eigenvalue weighted by Crippen LogP contribution is 2.38. The Labute approximate surface area is 184 Å². The number of nitrogens with zero attached hydrogens (tertiary/aromatic N) is 3. The maximum Gasteiger partial charge on any atom is 0.446 e. The SMILES string of the molecule is Cn1c(Nc2cccc(SC(F)(F)F)c2)nc2cc(Oc3ccnc(C(N)=O)c3)ccc21. The fraction of sp³-hybridized carbons (Fsp3) is 0.0952. The molecule has 164 valence electrons. The first-order valence-corrected chi connectivity index (χ1v) is 10.0. The van der Waals surface area contributed by atoms with Crippen LogP contribution in [0.3, 0.4) is 0 Å². The standard InChI is InChI=1S/C21H16F3N5O2S/c1-29-18-6-5-13(31-14-7-8-26-17(11-14)19(25)30)10-16(18)28-20(29)27-12-3-2-4-15(9-12)32-21(22,23)24/h2-11H,1H3,(H2,25,30)(H,27,28). The zero-order valence-corrected chi connectivity index (χ0v) is 17.4. The van der Waals surface area contributed by atoms with Crippen molar-refractivity contribution in [3.8, 4) is 11.5 Å². The number of carbonyl (C=O) groups excluding carboxylic acids is 1. The summed E-state index contributed by atoms with van der Waals surface area (Å²) in [7, 11) is 1.79. The number of fused-ring (bicyclic) bond motifs is 1. The number of aryl methyl sites for hydroxylation is 1. The molecule has 0 saturated carbocycles. The van der Waals surface area contributed by atoms with Gasteiger partial charge in [-0.25, -0.2) is 4.98 Å². The summed E-state index contributed by atoms with van der Waals surface area (Å²) in [6.45, 7) is 0. The van der Waals surface area contributed by atoms with Crippen LogP contribution in [-0.4, -0.2) is 26.0 Å². The topological polar surface area (TPSA) is 95.1 Å². The molecule has 32 heavy (non-hydrogen) atoms. The number of imidazole rings is 1. The van der Waals surface area contributed by atoms with Crippen molar-refractivity contribution >= 4 is 40.3 Å². The van der Waals surface area contributed by atoms with Crippen LogP contribution in [0.5, 0.6) is 11.5 Å². The molecule has 7 nitrogen and oxygen atoms in total. The molecule has 0 fully saturated rings. The van der Waals surface area contributed by atoms with Crippen LogP contribution in [0.1, 0.15) is 10.5 Å². The average molecular weight is 459 g/mol. The Bertz CT molecular complexity index is 1310. The Balaban J connectivity index is 1.57. The summed E-state index contributed by atoms with van der Waals surface area (Å²) in [4.78, 5) is 19.7. The predicted octanol–water partition coefficient (Wildman–Crippen LogP) is 5.22. The van der Waals surface area contributed by atoms with Crippen LogP contribution < -0.4 is 15.8 Å². The minimum atomic E-state index is -4.36. The Morgan fingerprint density at radius 1 is 1.12 bits per heavy atom. The molecule has 2 aromatic heterocycles. The first-order valence-electron chi connectivity index (χ1n) is 9.21. The first kappa shape index (κ1) is 21.5. The first-order chi connectivity index (χ1) is 15.2. The molecule has 0 spiro atoms. The van der Waals surface area contributed by atoms with E-state index >= 15 is 0 Å². The van der Waals surface area contributed by atoms with Crippen LogP contribution in [0.4, 0.5) is 24.8 Å². The highest BCUT2D eigenvalue weighted by Gasteiger charge is 2.29. The van der Waals surface area contributed by atoms with Crippen LogP contribution in [0, 0.1) is 0 Å². The Hall–Kier alpha value is -3.73. The van der Waals surface area contributed by atoms with Crippen molar-refractivity contribution in [2.24, 2.45) is 12.8 Å². The third kappa shape index (κ3) is 4.94. The number of nitrogens with one attached hydrogen (secondary N) is 1. The summed E-state index contributed by atoms with van der Waals surface area (Å²) in [5.41, 5.74) is 2.83. The third-order valence-electron chi connectivity index (χ3n) is 4.40. The molecule has 4 rings (SSSR count). The average Bonchev–Trinajstić information content (AvgIpc) is 3.02. The van der Waals surface area contributed by atoms with Gasteiger partial charge in [-0.3, -0.25) is 9.78 Å². The van der Waals surface area contributed by atoms with Gasteiger partial charge in [0.05, 0.1) is 11.0 Å². The fourth-order valence-electron chi connectivity index (χ4n) is 3.00. The predicted molar refractivity (Wildman–Crippen MR) is 115 cm³/mol. The van der Waals surface area contributed by atoms with Crippen molar-refractivity contribution in [3.05, 3.63) is 66.5 Å². The molecule has 1 amide bonds. The summed E-state index contributed by atoms with van der Waals surface area (Å²) < 4.78 is 45.5. The van der Waals surface area contributed by atoms with Crippen molar-refractivity contribution in [2.75, 3.05) is 5.32 Å². The molecule has 0 radical (unpaired) electrons. The van der Waals surface area contributed by atoms with Crippen molar-refractivity contribution in [2.45, 2.75) is 10.4 Å². The molecule has 0 bridgehead atoms. The zero-order valence-electron chi connectivity index (χ0n) is 16.6. The summed E-state index contributed by atoms with van der Waals surface area (Å²) in [6, 6.07) is 14.3. The van der Waals surface area contributed by atoms with Gasteiger partial charge in [-0.1, -0.05) is 6.07 Å². The number of amides is 1. The monoisotopic (exact) mass is 459 g/mol. The lowest BCUT2D eigenvalue weighted by Gasteiger charge is -2.09. The smallest absolute Gasteiger partial charge is 0.446 e. The van der Waals surface area contributed by atoms with E-state index in [4.69, 9.17) is 10.5 Å². The molecule has 0 unspecified atom stereocenters. The van der Waals surface area contributed by atoms with E-state index in [1.807, 2.05) is 0 Å². The number of hydrogen-bond donors (Lipinski definition) is 2. The van der Waals surface area contributed by atoms with Crippen LogP contribution in [0.2, 0.25) is 0 Å². The highest BCUT2D eigenvalue weighted by atomic mass is 32.2. The van der Waals surface area contributed by atoms with Crippen LogP contribution in [-0.2, 0) is 7.05 Å². The van der Waals surface area contributed by atoms with Gasteiger partial charge < -0.3 is 20.4 Å². The minimum Gasteiger partial charge on any atom is -0.457 e.